The van der Waals surface area contributed by atoms with E-state index in [2.05, 4.69) is 20.6 Å². The van der Waals surface area contributed by atoms with Gasteiger partial charge in [0.25, 0.3) is 0 Å². The normalized spacial score (nSPS) is 10.9. The molecule has 0 aliphatic heterocycles. The summed E-state index contributed by atoms with van der Waals surface area (Å²) in [6.07, 6.45) is 6.52. The van der Waals surface area contributed by atoms with Crippen LogP contribution in [0.25, 0.3) is 21.8 Å². The molecule has 0 radical (unpaired) electrons. The third kappa shape index (κ3) is 6.31. The molecule has 0 bridgehead atoms. The fraction of sp³-hybridized carbons (Fsp3) is 0.308. The van der Waals surface area contributed by atoms with Crippen molar-refractivity contribution in [2.75, 3.05) is 13.1 Å². The van der Waals surface area contributed by atoms with E-state index in [9.17, 15) is 9.59 Å². The Kier molecular flexibility index (Phi) is 8.05. The van der Waals surface area contributed by atoms with E-state index in [1.54, 1.807) is 0 Å². The van der Waals surface area contributed by atoms with Crippen molar-refractivity contribution >= 4 is 34.0 Å². The Balaban J connectivity index is 1.01. The Hall–Kier alpha value is -3.94. The van der Waals surface area contributed by atoms with Crippen LogP contribution in [0.15, 0.2) is 60.9 Å². The second-order valence-corrected chi connectivity index (χ2v) is 8.14. The Morgan fingerprint density at radius 3 is 1.56 bits per heavy atom. The first kappa shape index (κ1) is 23.2. The number of nitrogens with one attached hydrogen (secondary N) is 4. The molecule has 0 saturated heterocycles. The number of unbranched alkanes of at least 4 members (excludes halogenated alkanes) is 3. The van der Waals surface area contributed by atoms with E-state index in [0.29, 0.717) is 13.1 Å². The molecule has 0 aliphatic rings. The zero-order valence-electron chi connectivity index (χ0n) is 19.1. The molecule has 0 saturated carbocycles. The van der Waals surface area contributed by atoms with Crippen LogP contribution in [0.5, 0.6) is 0 Å². The average molecular weight is 463 g/mol. The molecular weight excluding hydrogens is 432 g/mol. The molecule has 34 heavy (non-hydrogen) atoms. The zero-order valence-corrected chi connectivity index (χ0v) is 19.1. The maximum atomic E-state index is 11.9. The van der Waals surface area contributed by atoms with Gasteiger partial charge in [0.1, 0.15) is 13.2 Å². The van der Waals surface area contributed by atoms with E-state index >= 15 is 0 Å². The van der Waals surface area contributed by atoms with Crippen molar-refractivity contribution in [1.29, 1.82) is 0 Å². The summed E-state index contributed by atoms with van der Waals surface area (Å²) in [6.45, 7) is 1.59. The predicted molar refractivity (Wildman–Crippen MR) is 131 cm³/mol. The lowest BCUT2D eigenvalue weighted by molar-refractivity contribution is 0.138. The molecule has 0 spiro atoms. The lowest BCUT2D eigenvalue weighted by Gasteiger charge is -2.08. The summed E-state index contributed by atoms with van der Waals surface area (Å²) in [6, 6.07) is 15.8. The minimum absolute atomic E-state index is 0.234. The molecule has 2 amide bonds. The number of hydrogen-bond donors (Lipinski definition) is 4. The number of carbonyl (C=O) groups excluding carboxylic acids is 2. The Labute approximate surface area is 198 Å². The first-order chi connectivity index (χ1) is 16.7. The Bertz CT molecular complexity index is 1130. The van der Waals surface area contributed by atoms with Gasteiger partial charge in [-0.2, -0.15) is 0 Å². The van der Waals surface area contributed by atoms with Crippen molar-refractivity contribution in [2.24, 2.45) is 0 Å². The van der Waals surface area contributed by atoms with Crippen molar-refractivity contribution in [1.82, 2.24) is 20.6 Å². The van der Waals surface area contributed by atoms with Crippen LogP contribution in [-0.4, -0.2) is 35.2 Å². The number of rotatable bonds is 11. The number of hydrogen-bond acceptors (Lipinski definition) is 4. The van der Waals surface area contributed by atoms with Crippen molar-refractivity contribution in [3.05, 3.63) is 72.1 Å². The van der Waals surface area contributed by atoms with Crippen LogP contribution in [0.4, 0.5) is 9.59 Å². The lowest BCUT2D eigenvalue weighted by Crippen LogP contribution is -2.26. The number of aromatic amines is 2. The summed E-state index contributed by atoms with van der Waals surface area (Å²) in [4.78, 5) is 30.1. The number of benzene rings is 2. The van der Waals surface area contributed by atoms with Crippen LogP contribution < -0.4 is 10.6 Å². The molecule has 0 fully saturated rings. The first-order valence-electron chi connectivity index (χ1n) is 11.6. The Morgan fingerprint density at radius 2 is 1.09 bits per heavy atom. The zero-order chi connectivity index (χ0) is 23.6. The number of alkyl carbamates (subject to hydrolysis) is 2. The largest absolute Gasteiger partial charge is 0.445 e. The highest BCUT2D eigenvalue weighted by Gasteiger charge is 2.08. The van der Waals surface area contributed by atoms with Crippen molar-refractivity contribution < 1.29 is 19.1 Å². The number of H-pyrrole nitrogens is 2. The molecule has 2 aromatic carbocycles. The third-order valence-electron chi connectivity index (χ3n) is 5.71. The minimum Gasteiger partial charge on any atom is -0.445 e. The fourth-order valence-corrected chi connectivity index (χ4v) is 3.88. The van der Waals surface area contributed by atoms with Gasteiger partial charge in [-0.05, 0) is 25.0 Å². The third-order valence-corrected chi connectivity index (χ3v) is 5.71. The Morgan fingerprint density at radius 1 is 0.647 bits per heavy atom. The van der Waals surface area contributed by atoms with Crippen molar-refractivity contribution in [3.63, 3.8) is 0 Å². The molecule has 0 unspecified atom stereocenters. The van der Waals surface area contributed by atoms with Crippen molar-refractivity contribution in [3.8, 4) is 0 Å². The second kappa shape index (κ2) is 11.8. The van der Waals surface area contributed by atoms with Crippen LogP contribution >= 0.6 is 0 Å². The molecule has 4 rings (SSSR count). The number of ether oxygens (including phenoxy) is 2. The number of amides is 2. The molecule has 2 heterocycles. The van der Waals surface area contributed by atoms with Crippen LogP contribution in [0.2, 0.25) is 0 Å². The van der Waals surface area contributed by atoms with Crippen LogP contribution in [0.3, 0.4) is 0 Å². The van der Waals surface area contributed by atoms with Gasteiger partial charge in [-0.3, -0.25) is 0 Å². The summed E-state index contributed by atoms with van der Waals surface area (Å²) in [5, 5.41) is 7.68. The van der Waals surface area contributed by atoms with Gasteiger partial charge in [0.05, 0.1) is 0 Å². The van der Waals surface area contributed by atoms with Gasteiger partial charge in [-0.25, -0.2) is 9.59 Å². The second-order valence-electron chi connectivity index (χ2n) is 8.14. The van der Waals surface area contributed by atoms with Crippen LogP contribution in [0, 0.1) is 0 Å². The van der Waals surface area contributed by atoms with Gasteiger partial charge in [-0.1, -0.05) is 49.2 Å². The van der Waals surface area contributed by atoms with E-state index in [-0.39, 0.29) is 13.2 Å². The molecular formula is C26H30N4O4. The molecule has 2 aromatic heterocycles. The van der Waals surface area contributed by atoms with E-state index in [1.165, 1.54) is 0 Å². The van der Waals surface area contributed by atoms with Crippen LogP contribution in [-0.2, 0) is 22.7 Å². The molecule has 8 nitrogen and oxygen atoms in total. The highest BCUT2D eigenvalue weighted by Crippen LogP contribution is 2.19. The molecule has 4 aromatic rings. The summed E-state index contributed by atoms with van der Waals surface area (Å²) >= 11 is 0. The molecule has 8 heteroatoms. The van der Waals surface area contributed by atoms with Gasteiger partial charge in [0, 0.05) is 58.4 Å². The SMILES string of the molecule is O=C(NCCCCCCNC(=O)OCc1c[nH]c2ccccc12)OCc1c[nH]c2ccccc12. The quantitative estimate of drug-likeness (QED) is 0.225. The van der Waals surface area contributed by atoms with E-state index < -0.39 is 12.2 Å². The van der Waals surface area contributed by atoms with E-state index in [4.69, 9.17) is 9.47 Å². The smallest absolute Gasteiger partial charge is 0.407 e. The van der Waals surface area contributed by atoms with Gasteiger partial charge in [0.2, 0.25) is 0 Å². The topological polar surface area (TPSA) is 108 Å². The number of aromatic nitrogens is 2. The molecule has 178 valence electrons. The lowest BCUT2D eigenvalue weighted by atomic mass is 10.2. The maximum absolute atomic E-state index is 11.9. The predicted octanol–water partition coefficient (Wildman–Crippen LogP) is 5.36. The van der Waals surface area contributed by atoms with Gasteiger partial charge >= 0.3 is 12.2 Å². The highest BCUT2D eigenvalue weighted by molar-refractivity contribution is 5.84. The van der Waals surface area contributed by atoms with Gasteiger partial charge in [-0.15, -0.1) is 0 Å². The standard InChI is InChI=1S/C26H30N4O4/c31-25(33-17-19-15-29-23-11-5-3-9-21(19)23)27-13-7-1-2-8-14-28-26(32)34-18-20-16-30-24-12-6-4-10-22(20)24/h3-6,9-12,15-16,29-30H,1-2,7-8,13-14,17-18H2,(H,27,31)(H,28,32). The highest BCUT2D eigenvalue weighted by atomic mass is 16.6. The van der Waals surface area contributed by atoms with Gasteiger partial charge < -0.3 is 30.1 Å². The minimum atomic E-state index is -0.412. The van der Waals surface area contributed by atoms with Gasteiger partial charge in [0.15, 0.2) is 0 Å². The molecule has 4 N–H and O–H groups in total. The van der Waals surface area contributed by atoms with E-state index in [1.807, 2.05) is 60.9 Å². The summed E-state index contributed by atoms with van der Waals surface area (Å²) < 4.78 is 10.6. The molecule has 0 atom stereocenters. The first-order valence-corrected chi connectivity index (χ1v) is 11.6. The molecule has 0 aliphatic carbocycles. The summed E-state index contributed by atoms with van der Waals surface area (Å²) in [5.74, 6) is 0. The average Bonchev–Trinajstić information content (AvgIpc) is 3.47. The number of carbonyl (C=O) groups is 2. The number of fused-ring (bicyclic) bond motifs is 2. The summed E-state index contributed by atoms with van der Waals surface area (Å²) in [5.41, 5.74) is 3.97. The number of para-hydroxylation sites is 2. The van der Waals surface area contributed by atoms with Crippen molar-refractivity contribution in [2.45, 2.75) is 38.9 Å². The fourth-order valence-electron chi connectivity index (χ4n) is 3.88. The van der Waals surface area contributed by atoms with Crippen LogP contribution in [0.1, 0.15) is 36.8 Å². The summed E-state index contributed by atoms with van der Waals surface area (Å²) in [7, 11) is 0. The maximum Gasteiger partial charge on any atom is 0.407 e. The van der Waals surface area contributed by atoms with E-state index in [0.717, 1.165) is 58.6 Å². The monoisotopic (exact) mass is 462 g/mol.